The molecule has 2 heterocycles. The average molecular weight is 398 g/mol. The number of hydrogen-bond donors (Lipinski definition) is 2. The summed E-state index contributed by atoms with van der Waals surface area (Å²) >= 11 is 1.63. The monoisotopic (exact) mass is 398 g/mol. The second-order valence-electron chi connectivity index (χ2n) is 5.54. The third-order valence-corrected chi connectivity index (χ3v) is 4.94. The number of aryl methyl sites for hydroxylation is 1. The third-order valence-electron chi connectivity index (χ3n) is 3.80. The highest BCUT2D eigenvalue weighted by Crippen LogP contribution is 2.38. The molecule has 10 heteroatoms. The molecular formula is C17H20F2N4O3S. The van der Waals surface area contributed by atoms with Crippen LogP contribution in [0.3, 0.4) is 0 Å². The highest BCUT2D eigenvalue weighted by Gasteiger charge is 2.20. The number of halogens is 2. The molecule has 1 aromatic carbocycles. The van der Waals surface area contributed by atoms with Crippen LogP contribution in [0.25, 0.3) is 0 Å². The molecule has 0 bridgehead atoms. The van der Waals surface area contributed by atoms with E-state index in [4.69, 9.17) is 9.47 Å². The van der Waals surface area contributed by atoms with Crippen molar-refractivity contribution in [1.29, 1.82) is 0 Å². The van der Waals surface area contributed by atoms with Gasteiger partial charge in [-0.1, -0.05) is 6.92 Å². The first kappa shape index (κ1) is 19.2. The number of benzene rings is 1. The highest BCUT2D eigenvalue weighted by molar-refractivity contribution is 7.11. The predicted octanol–water partition coefficient (Wildman–Crippen LogP) is 2.90. The molecule has 0 unspecified atom stereocenters. The molecule has 0 amide bonds. The fraction of sp³-hybridized carbons (Fsp3) is 0.412. The van der Waals surface area contributed by atoms with Gasteiger partial charge in [0.1, 0.15) is 10.8 Å². The molecule has 146 valence electrons. The third kappa shape index (κ3) is 4.97. The summed E-state index contributed by atoms with van der Waals surface area (Å²) in [7, 11) is 1.63. The van der Waals surface area contributed by atoms with Crippen LogP contribution in [0.15, 0.2) is 23.3 Å². The number of thiazole rings is 1. The van der Waals surface area contributed by atoms with Crippen molar-refractivity contribution in [2.75, 3.05) is 13.8 Å². The lowest BCUT2D eigenvalue weighted by Crippen LogP contribution is -2.36. The molecular weight excluding hydrogens is 378 g/mol. The van der Waals surface area contributed by atoms with Crippen LogP contribution < -0.4 is 24.8 Å². The molecule has 0 saturated carbocycles. The number of alkyl halides is 2. The quantitative estimate of drug-likeness (QED) is 0.552. The molecule has 1 aromatic heterocycles. The van der Waals surface area contributed by atoms with Gasteiger partial charge in [0.2, 0.25) is 6.79 Å². The van der Waals surface area contributed by atoms with Crippen molar-refractivity contribution >= 4 is 17.3 Å². The topological polar surface area (TPSA) is 77.0 Å². The van der Waals surface area contributed by atoms with Crippen molar-refractivity contribution in [3.63, 3.8) is 0 Å². The lowest BCUT2D eigenvalue weighted by atomic mass is 10.1. The Hall–Kier alpha value is -2.62. The first-order valence-electron chi connectivity index (χ1n) is 8.34. The number of nitrogens with one attached hydrogen (secondary N) is 2. The number of nitrogens with zero attached hydrogens (tertiary/aromatic N) is 2. The van der Waals surface area contributed by atoms with Crippen LogP contribution in [0, 0.1) is 0 Å². The summed E-state index contributed by atoms with van der Waals surface area (Å²) in [6.07, 6.45) is 2.81. The minimum absolute atomic E-state index is 0.0321. The van der Waals surface area contributed by atoms with Gasteiger partial charge in [0.05, 0.1) is 6.54 Å². The Morgan fingerprint density at radius 3 is 2.70 bits per heavy atom. The Balaban J connectivity index is 1.63. The number of hydrogen-bond acceptors (Lipinski definition) is 6. The number of ether oxygens (including phenoxy) is 3. The number of fused-ring (bicyclic) bond motifs is 1. The first-order valence-corrected chi connectivity index (χ1v) is 9.16. The van der Waals surface area contributed by atoms with Crippen molar-refractivity contribution < 1.29 is 23.0 Å². The van der Waals surface area contributed by atoms with Crippen molar-refractivity contribution in [1.82, 2.24) is 15.6 Å². The van der Waals surface area contributed by atoms with Crippen LogP contribution in [0.1, 0.15) is 22.4 Å². The van der Waals surface area contributed by atoms with E-state index in [0.717, 1.165) is 11.4 Å². The van der Waals surface area contributed by atoms with Gasteiger partial charge in [0.15, 0.2) is 17.5 Å². The number of aromatic nitrogens is 1. The summed E-state index contributed by atoms with van der Waals surface area (Å²) in [5.41, 5.74) is 0.505. The number of aliphatic imine (C=N–C) groups is 1. The van der Waals surface area contributed by atoms with E-state index in [1.54, 1.807) is 24.5 Å². The molecule has 0 fully saturated rings. The lowest BCUT2D eigenvalue weighted by molar-refractivity contribution is -0.0505. The molecule has 27 heavy (non-hydrogen) atoms. The van der Waals surface area contributed by atoms with Gasteiger partial charge in [-0.05, 0) is 12.5 Å². The van der Waals surface area contributed by atoms with E-state index in [9.17, 15) is 8.78 Å². The Kier molecular flexibility index (Phi) is 6.28. The van der Waals surface area contributed by atoms with Crippen LogP contribution in [-0.4, -0.2) is 31.4 Å². The summed E-state index contributed by atoms with van der Waals surface area (Å²) in [4.78, 5) is 9.68. The first-order chi connectivity index (χ1) is 13.1. The fourth-order valence-corrected chi connectivity index (χ4v) is 3.26. The van der Waals surface area contributed by atoms with Gasteiger partial charge in [-0.3, -0.25) is 4.99 Å². The minimum atomic E-state index is -2.93. The molecule has 2 N–H and O–H groups in total. The number of guanidine groups is 1. The summed E-state index contributed by atoms with van der Waals surface area (Å²) in [6, 6.07) is 3.03. The Bertz CT molecular complexity index is 813. The molecule has 0 spiro atoms. The predicted molar refractivity (Wildman–Crippen MR) is 97.7 cm³/mol. The molecule has 0 aliphatic carbocycles. The summed E-state index contributed by atoms with van der Waals surface area (Å²) in [5, 5.41) is 7.17. The summed E-state index contributed by atoms with van der Waals surface area (Å²) in [5.74, 6) is 1.42. The zero-order valence-corrected chi connectivity index (χ0v) is 15.7. The van der Waals surface area contributed by atoms with Crippen LogP contribution >= 0.6 is 11.3 Å². The molecule has 2 aromatic rings. The van der Waals surface area contributed by atoms with E-state index < -0.39 is 6.61 Å². The summed E-state index contributed by atoms with van der Waals surface area (Å²) < 4.78 is 40.5. The van der Waals surface area contributed by atoms with Crippen molar-refractivity contribution in [2.24, 2.45) is 4.99 Å². The van der Waals surface area contributed by atoms with Gasteiger partial charge in [0.25, 0.3) is 0 Å². The zero-order chi connectivity index (χ0) is 19.2. The van der Waals surface area contributed by atoms with E-state index in [0.29, 0.717) is 29.6 Å². The van der Waals surface area contributed by atoms with Gasteiger partial charge >= 0.3 is 6.61 Å². The van der Waals surface area contributed by atoms with Crippen molar-refractivity contribution in [2.45, 2.75) is 33.0 Å². The number of rotatable bonds is 7. The second kappa shape index (κ2) is 8.85. The summed E-state index contributed by atoms with van der Waals surface area (Å²) in [6.45, 7) is -0.0612. The van der Waals surface area contributed by atoms with E-state index in [1.165, 1.54) is 10.9 Å². The molecule has 0 radical (unpaired) electrons. The van der Waals surface area contributed by atoms with Gasteiger partial charge in [-0.25, -0.2) is 4.98 Å². The Labute approximate surface area is 159 Å². The molecule has 7 nitrogen and oxygen atoms in total. The maximum absolute atomic E-state index is 12.7. The minimum Gasteiger partial charge on any atom is -0.454 e. The Morgan fingerprint density at radius 1 is 1.30 bits per heavy atom. The normalized spacial score (nSPS) is 13.1. The molecule has 1 aliphatic rings. The van der Waals surface area contributed by atoms with Crippen molar-refractivity contribution in [3.8, 4) is 17.2 Å². The highest BCUT2D eigenvalue weighted by atomic mass is 32.1. The standard InChI is InChI=1S/C17H20F2N4O3S/c1-3-11-7-21-15(27-11)8-23-17(20-2)22-6-10-4-13-14(25-9-24-13)5-12(10)26-16(18)19/h4-5,7,16H,3,6,8-9H2,1-2H3,(H2,20,22,23). The molecule has 3 rings (SSSR count). The van der Waals surface area contributed by atoms with Crippen LogP contribution in [0.2, 0.25) is 0 Å². The smallest absolute Gasteiger partial charge is 0.387 e. The van der Waals surface area contributed by atoms with Crippen LogP contribution in [0.4, 0.5) is 8.78 Å². The molecule has 0 atom stereocenters. The van der Waals surface area contributed by atoms with Crippen LogP contribution in [0.5, 0.6) is 17.2 Å². The fourth-order valence-electron chi connectivity index (χ4n) is 2.46. The zero-order valence-electron chi connectivity index (χ0n) is 14.9. The molecule has 0 saturated heterocycles. The maximum atomic E-state index is 12.7. The van der Waals surface area contributed by atoms with Gasteiger partial charge in [-0.2, -0.15) is 8.78 Å². The van der Waals surface area contributed by atoms with E-state index in [-0.39, 0.29) is 19.1 Å². The maximum Gasteiger partial charge on any atom is 0.387 e. The van der Waals surface area contributed by atoms with Gasteiger partial charge < -0.3 is 24.8 Å². The van der Waals surface area contributed by atoms with Crippen molar-refractivity contribution in [3.05, 3.63) is 33.8 Å². The van der Waals surface area contributed by atoms with Crippen LogP contribution in [-0.2, 0) is 19.5 Å². The second-order valence-corrected chi connectivity index (χ2v) is 6.74. The lowest BCUT2D eigenvalue weighted by Gasteiger charge is -2.15. The largest absolute Gasteiger partial charge is 0.454 e. The van der Waals surface area contributed by atoms with Gasteiger partial charge in [0, 0.05) is 36.3 Å². The average Bonchev–Trinajstić information content (AvgIpc) is 3.29. The van der Waals surface area contributed by atoms with Gasteiger partial charge in [-0.15, -0.1) is 11.3 Å². The SMILES string of the molecule is CCc1cnc(CNC(=NC)NCc2cc3c(cc2OC(F)F)OCO3)s1. The van der Waals surface area contributed by atoms with E-state index in [2.05, 4.69) is 32.3 Å². The molecule has 1 aliphatic heterocycles. The Morgan fingerprint density at radius 2 is 2.04 bits per heavy atom. The van der Waals surface area contributed by atoms with E-state index >= 15 is 0 Å². The van der Waals surface area contributed by atoms with E-state index in [1.807, 2.05) is 6.20 Å².